The maximum absolute atomic E-state index is 14.3. The van der Waals surface area contributed by atoms with Crippen molar-refractivity contribution in [3.63, 3.8) is 0 Å². The Morgan fingerprint density at radius 1 is 0.975 bits per heavy atom. The second kappa shape index (κ2) is 9.95. The molecule has 2 aromatic carbocycles. The Morgan fingerprint density at radius 3 is 2.55 bits per heavy atom. The third-order valence-corrected chi connectivity index (χ3v) is 8.28. The standard InChI is InChI=1S/C30H30N4O6/c1-40-25-13-19(10-11-24(25)35)14-30(27(37)31-29(39)34(28(30)38)22-6-3-2-4-7-22)18-32-15-20-12-21(17-32)23-8-5-9-26(36)33(23)16-20/h2-11,13,20-21,35H,12,14-18H2,1H3,(H,31,37,39)/t20-,21+,30+/m0/s1. The van der Waals surface area contributed by atoms with Crippen LogP contribution in [0.25, 0.3) is 0 Å². The van der Waals surface area contributed by atoms with Crippen LogP contribution in [0.4, 0.5) is 10.5 Å². The molecule has 6 rings (SSSR count). The SMILES string of the molecule is COc1cc(C[C@@]2(CN3C[C@@H]4C[C@H](C3)c3cccc(=O)n3C4)C(=O)NC(=O)N(c3ccccc3)C2=O)ccc1O. The molecule has 0 saturated carbocycles. The fraction of sp³-hybridized carbons (Fsp3) is 0.333. The summed E-state index contributed by atoms with van der Waals surface area (Å²) >= 11 is 0. The number of carbonyl (C=O) groups excluding carboxylic acids is 3. The number of anilines is 1. The zero-order valence-corrected chi connectivity index (χ0v) is 22.1. The molecule has 40 heavy (non-hydrogen) atoms. The van der Waals surface area contributed by atoms with Crippen LogP contribution in [0.1, 0.15) is 23.6 Å². The Kier molecular flexibility index (Phi) is 6.42. The summed E-state index contributed by atoms with van der Waals surface area (Å²) in [6.45, 7) is 1.85. The van der Waals surface area contributed by atoms with E-state index in [9.17, 15) is 24.3 Å². The highest BCUT2D eigenvalue weighted by Crippen LogP contribution is 2.40. The van der Waals surface area contributed by atoms with E-state index >= 15 is 0 Å². The van der Waals surface area contributed by atoms with Gasteiger partial charge in [0, 0.05) is 43.9 Å². The van der Waals surface area contributed by atoms with E-state index in [1.165, 1.54) is 13.2 Å². The van der Waals surface area contributed by atoms with Gasteiger partial charge in [0.15, 0.2) is 11.5 Å². The lowest BCUT2D eigenvalue weighted by Crippen LogP contribution is -2.68. The van der Waals surface area contributed by atoms with E-state index in [0.29, 0.717) is 30.9 Å². The second-order valence-corrected chi connectivity index (χ2v) is 10.9. The fourth-order valence-electron chi connectivity index (χ4n) is 6.53. The number of ether oxygens (including phenoxy) is 1. The number of fused-ring (bicyclic) bond motifs is 4. The van der Waals surface area contributed by atoms with E-state index in [1.807, 2.05) is 10.6 Å². The maximum Gasteiger partial charge on any atom is 0.335 e. The molecule has 0 spiro atoms. The van der Waals surface area contributed by atoms with Gasteiger partial charge in [-0.05, 0) is 54.7 Å². The van der Waals surface area contributed by atoms with Gasteiger partial charge in [-0.15, -0.1) is 0 Å². The molecule has 2 saturated heterocycles. The quantitative estimate of drug-likeness (QED) is 0.459. The van der Waals surface area contributed by atoms with Crippen LogP contribution in [0, 0.1) is 11.3 Å². The Hall–Kier alpha value is -4.44. The van der Waals surface area contributed by atoms with Gasteiger partial charge in [-0.25, -0.2) is 9.69 Å². The summed E-state index contributed by atoms with van der Waals surface area (Å²) in [5.74, 6) is -0.826. The maximum atomic E-state index is 14.3. The molecule has 4 heterocycles. The van der Waals surface area contributed by atoms with Gasteiger partial charge in [0.2, 0.25) is 5.91 Å². The molecule has 4 amide bonds. The first kappa shape index (κ1) is 25.8. The number of phenolic OH excluding ortho intramolecular Hbond substituents is 1. The Morgan fingerprint density at radius 2 is 1.77 bits per heavy atom. The topological polar surface area (TPSA) is 121 Å². The number of nitrogens with zero attached hydrogens (tertiary/aromatic N) is 3. The average molecular weight is 543 g/mol. The molecular formula is C30H30N4O6. The highest BCUT2D eigenvalue weighted by Gasteiger charge is 2.55. The summed E-state index contributed by atoms with van der Waals surface area (Å²) in [5.41, 5.74) is 0.292. The number of carbonyl (C=O) groups is 3. The van der Waals surface area contributed by atoms with Crippen LogP contribution in [0.15, 0.2) is 71.5 Å². The van der Waals surface area contributed by atoms with Crippen LogP contribution in [0.3, 0.4) is 0 Å². The third kappa shape index (κ3) is 4.34. The van der Waals surface area contributed by atoms with Crippen LogP contribution >= 0.6 is 0 Å². The molecule has 0 aliphatic carbocycles. The van der Waals surface area contributed by atoms with Crippen molar-refractivity contribution in [3.8, 4) is 11.5 Å². The monoisotopic (exact) mass is 542 g/mol. The largest absolute Gasteiger partial charge is 0.504 e. The number of methoxy groups -OCH3 is 1. The minimum atomic E-state index is -1.63. The molecule has 2 N–H and O–H groups in total. The summed E-state index contributed by atoms with van der Waals surface area (Å²) in [4.78, 5) is 56.8. The summed E-state index contributed by atoms with van der Waals surface area (Å²) in [6, 6.07) is 17.8. The van der Waals surface area contributed by atoms with Crippen LogP contribution in [-0.4, -0.2) is 59.2 Å². The molecule has 10 heteroatoms. The second-order valence-electron chi connectivity index (χ2n) is 10.9. The van der Waals surface area contributed by atoms with Gasteiger partial charge in [0.1, 0.15) is 5.41 Å². The van der Waals surface area contributed by atoms with Crippen molar-refractivity contribution in [2.24, 2.45) is 11.3 Å². The summed E-state index contributed by atoms with van der Waals surface area (Å²) in [6.07, 6.45) is 0.920. The third-order valence-electron chi connectivity index (χ3n) is 8.28. The molecule has 3 aromatic rings. The number of amides is 4. The number of barbiturate groups is 1. The van der Waals surface area contributed by atoms with Crippen molar-refractivity contribution in [1.82, 2.24) is 14.8 Å². The van der Waals surface area contributed by atoms with E-state index in [4.69, 9.17) is 4.74 Å². The molecule has 0 radical (unpaired) electrons. The van der Waals surface area contributed by atoms with Crippen molar-refractivity contribution in [1.29, 1.82) is 0 Å². The molecular weight excluding hydrogens is 512 g/mol. The molecule has 10 nitrogen and oxygen atoms in total. The number of nitrogens with one attached hydrogen (secondary N) is 1. The number of urea groups is 1. The van der Waals surface area contributed by atoms with E-state index < -0.39 is 23.3 Å². The van der Waals surface area contributed by atoms with Crippen molar-refractivity contribution < 1.29 is 24.2 Å². The van der Waals surface area contributed by atoms with Gasteiger partial charge >= 0.3 is 6.03 Å². The van der Waals surface area contributed by atoms with Crippen LogP contribution in [0.2, 0.25) is 0 Å². The van der Waals surface area contributed by atoms with Gasteiger partial charge < -0.3 is 19.3 Å². The number of aromatic hydroxyl groups is 1. The van der Waals surface area contributed by atoms with Crippen LogP contribution < -0.4 is 20.5 Å². The van der Waals surface area contributed by atoms with Gasteiger partial charge in [0.05, 0.1) is 12.8 Å². The van der Waals surface area contributed by atoms with Gasteiger partial charge in [0.25, 0.3) is 11.5 Å². The number of benzene rings is 2. The number of para-hydroxylation sites is 1. The zero-order valence-electron chi connectivity index (χ0n) is 22.1. The number of likely N-dealkylation sites (tertiary alicyclic amines) is 1. The summed E-state index contributed by atoms with van der Waals surface area (Å²) in [7, 11) is 1.43. The van der Waals surface area contributed by atoms with Crippen LogP contribution in [0.5, 0.6) is 11.5 Å². The number of imide groups is 2. The van der Waals surface area contributed by atoms with Crippen molar-refractivity contribution in [2.45, 2.75) is 25.3 Å². The van der Waals surface area contributed by atoms with Crippen molar-refractivity contribution in [3.05, 3.63) is 88.3 Å². The van der Waals surface area contributed by atoms with E-state index in [2.05, 4.69) is 10.2 Å². The number of hydrogen-bond acceptors (Lipinski definition) is 7. The lowest BCUT2D eigenvalue weighted by molar-refractivity contribution is -0.144. The zero-order chi connectivity index (χ0) is 28.0. The molecule has 1 aromatic heterocycles. The summed E-state index contributed by atoms with van der Waals surface area (Å²) in [5, 5.41) is 12.6. The predicted molar refractivity (Wildman–Crippen MR) is 146 cm³/mol. The number of hydrogen-bond donors (Lipinski definition) is 2. The highest BCUT2D eigenvalue weighted by atomic mass is 16.5. The molecule has 3 atom stereocenters. The lowest BCUT2D eigenvalue weighted by atomic mass is 9.75. The molecule has 3 aliphatic heterocycles. The average Bonchev–Trinajstić information content (AvgIpc) is 2.94. The first-order valence-electron chi connectivity index (χ1n) is 13.3. The number of rotatable bonds is 6. The number of piperidine rings is 1. The molecule has 2 bridgehead atoms. The number of aromatic nitrogens is 1. The first-order valence-corrected chi connectivity index (χ1v) is 13.3. The van der Waals surface area contributed by atoms with E-state index in [0.717, 1.165) is 17.0 Å². The number of phenols is 1. The lowest BCUT2D eigenvalue weighted by Gasteiger charge is -2.47. The van der Waals surface area contributed by atoms with Gasteiger partial charge in [-0.2, -0.15) is 0 Å². The normalized spacial score (nSPS) is 24.4. The van der Waals surface area contributed by atoms with Gasteiger partial charge in [-0.3, -0.25) is 19.7 Å². The molecule has 0 unspecified atom stereocenters. The minimum absolute atomic E-state index is 0.00714. The summed E-state index contributed by atoms with van der Waals surface area (Å²) < 4.78 is 7.11. The van der Waals surface area contributed by atoms with E-state index in [1.54, 1.807) is 54.6 Å². The van der Waals surface area contributed by atoms with Crippen molar-refractivity contribution in [2.75, 3.05) is 31.6 Å². The first-order chi connectivity index (χ1) is 19.3. The highest BCUT2D eigenvalue weighted by molar-refractivity contribution is 6.30. The van der Waals surface area contributed by atoms with Crippen molar-refractivity contribution >= 4 is 23.5 Å². The Bertz CT molecular complexity index is 1550. The van der Waals surface area contributed by atoms with E-state index in [-0.39, 0.29) is 41.9 Å². The molecule has 3 aliphatic rings. The Labute approximate surface area is 230 Å². The number of pyridine rings is 1. The fourth-order valence-corrected chi connectivity index (χ4v) is 6.53. The van der Waals surface area contributed by atoms with Crippen LogP contribution in [-0.2, 0) is 22.6 Å². The predicted octanol–water partition coefficient (Wildman–Crippen LogP) is 2.49. The van der Waals surface area contributed by atoms with Gasteiger partial charge in [-0.1, -0.05) is 30.3 Å². The smallest absolute Gasteiger partial charge is 0.335 e. The molecule has 2 fully saturated rings. The minimum Gasteiger partial charge on any atom is -0.504 e. The Balaban J connectivity index is 1.39. The molecule has 206 valence electrons.